The Hall–Kier alpha value is -1.70. The summed E-state index contributed by atoms with van der Waals surface area (Å²) in [6.07, 6.45) is 4.14. The molecule has 114 valence electrons. The van der Waals surface area contributed by atoms with E-state index in [1.54, 1.807) is 23.0 Å². The predicted molar refractivity (Wildman–Crippen MR) is 79.4 cm³/mol. The summed E-state index contributed by atoms with van der Waals surface area (Å²) in [6.45, 7) is 0.999. The molecule has 1 unspecified atom stereocenters. The van der Waals surface area contributed by atoms with Crippen molar-refractivity contribution < 1.29 is 13.5 Å². The van der Waals surface area contributed by atoms with Gasteiger partial charge in [0, 0.05) is 38.2 Å². The SMILES string of the molecule is Cn1cc(CNCC(O)c2ccc(S(C)(=O)=O)cc2)cn1. The second kappa shape index (κ2) is 6.38. The Kier molecular flexibility index (Phi) is 4.76. The molecular formula is C14H19N3O3S. The second-order valence-corrected chi connectivity index (χ2v) is 7.03. The highest BCUT2D eigenvalue weighted by Gasteiger charge is 2.10. The number of benzene rings is 1. The van der Waals surface area contributed by atoms with Crippen LogP contribution < -0.4 is 5.32 Å². The summed E-state index contributed by atoms with van der Waals surface area (Å²) in [5.74, 6) is 0. The van der Waals surface area contributed by atoms with Crippen molar-refractivity contribution in [3.63, 3.8) is 0 Å². The highest BCUT2D eigenvalue weighted by atomic mass is 32.2. The van der Waals surface area contributed by atoms with Gasteiger partial charge in [-0.1, -0.05) is 12.1 Å². The number of nitrogens with one attached hydrogen (secondary N) is 1. The molecular weight excluding hydrogens is 290 g/mol. The van der Waals surface area contributed by atoms with Crippen LogP contribution in [0.25, 0.3) is 0 Å². The standard InChI is InChI=1S/C14H19N3O3S/c1-17-10-11(8-16-17)7-15-9-14(18)12-3-5-13(6-4-12)21(2,19)20/h3-6,8,10,14-15,18H,7,9H2,1-2H3. The van der Waals surface area contributed by atoms with Crippen LogP contribution in [0.15, 0.2) is 41.6 Å². The van der Waals surface area contributed by atoms with E-state index in [2.05, 4.69) is 10.4 Å². The van der Waals surface area contributed by atoms with E-state index in [4.69, 9.17) is 0 Å². The summed E-state index contributed by atoms with van der Waals surface area (Å²) in [5.41, 5.74) is 1.72. The Morgan fingerprint density at radius 2 is 2.00 bits per heavy atom. The van der Waals surface area contributed by atoms with Gasteiger partial charge in [0.05, 0.1) is 17.2 Å². The number of aryl methyl sites for hydroxylation is 1. The molecule has 0 bridgehead atoms. The quantitative estimate of drug-likeness (QED) is 0.818. The van der Waals surface area contributed by atoms with Crippen LogP contribution in [0.5, 0.6) is 0 Å². The van der Waals surface area contributed by atoms with E-state index >= 15 is 0 Å². The van der Waals surface area contributed by atoms with E-state index in [1.807, 2.05) is 13.2 Å². The molecule has 1 heterocycles. The smallest absolute Gasteiger partial charge is 0.175 e. The maximum Gasteiger partial charge on any atom is 0.175 e. The fourth-order valence-corrected chi connectivity index (χ4v) is 2.60. The molecule has 0 fully saturated rings. The fraction of sp³-hybridized carbons (Fsp3) is 0.357. The highest BCUT2D eigenvalue weighted by Crippen LogP contribution is 2.16. The van der Waals surface area contributed by atoms with E-state index in [9.17, 15) is 13.5 Å². The van der Waals surface area contributed by atoms with Gasteiger partial charge in [0.15, 0.2) is 9.84 Å². The van der Waals surface area contributed by atoms with Gasteiger partial charge in [0.2, 0.25) is 0 Å². The number of aliphatic hydroxyl groups is 1. The molecule has 2 aromatic rings. The number of aromatic nitrogens is 2. The van der Waals surface area contributed by atoms with Gasteiger partial charge in [-0.25, -0.2) is 8.42 Å². The van der Waals surface area contributed by atoms with Gasteiger partial charge >= 0.3 is 0 Å². The van der Waals surface area contributed by atoms with Crippen LogP contribution in [0.1, 0.15) is 17.2 Å². The maximum absolute atomic E-state index is 11.4. The third kappa shape index (κ3) is 4.38. The van der Waals surface area contributed by atoms with Crippen LogP contribution in [0.3, 0.4) is 0 Å². The lowest BCUT2D eigenvalue weighted by Gasteiger charge is -2.12. The molecule has 1 aromatic carbocycles. The number of rotatable bonds is 6. The Balaban J connectivity index is 1.89. The van der Waals surface area contributed by atoms with Crippen LogP contribution in [0.2, 0.25) is 0 Å². The molecule has 0 aliphatic rings. The Morgan fingerprint density at radius 1 is 1.33 bits per heavy atom. The minimum Gasteiger partial charge on any atom is -0.387 e. The van der Waals surface area contributed by atoms with Crippen molar-refractivity contribution >= 4 is 9.84 Å². The van der Waals surface area contributed by atoms with E-state index in [0.717, 1.165) is 11.8 Å². The molecule has 0 spiro atoms. The third-order valence-corrected chi connectivity index (χ3v) is 4.25. The number of hydrogen-bond acceptors (Lipinski definition) is 5. The van der Waals surface area contributed by atoms with Crippen molar-refractivity contribution in [2.45, 2.75) is 17.5 Å². The van der Waals surface area contributed by atoms with Gasteiger partial charge in [-0.3, -0.25) is 4.68 Å². The van der Waals surface area contributed by atoms with Gasteiger partial charge in [-0.2, -0.15) is 5.10 Å². The van der Waals surface area contributed by atoms with E-state index in [0.29, 0.717) is 18.7 Å². The lowest BCUT2D eigenvalue weighted by molar-refractivity contribution is 0.174. The second-order valence-electron chi connectivity index (χ2n) is 5.01. The average molecular weight is 309 g/mol. The predicted octanol–water partition coefficient (Wildman–Crippen LogP) is 0.647. The molecule has 0 aliphatic carbocycles. The van der Waals surface area contributed by atoms with Gasteiger partial charge < -0.3 is 10.4 Å². The van der Waals surface area contributed by atoms with E-state index in [1.165, 1.54) is 12.1 Å². The molecule has 0 radical (unpaired) electrons. The van der Waals surface area contributed by atoms with Gasteiger partial charge in [-0.05, 0) is 17.7 Å². The molecule has 1 atom stereocenters. The van der Waals surface area contributed by atoms with Crippen molar-refractivity contribution in [1.82, 2.24) is 15.1 Å². The first-order valence-electron chi connectivity index (χ1n) is 6.52. The molecule has 7 heteroatoms. The maximum atomic E-state index is 11.4. The lowest BCUT2D eigenvalue weighted by Crippen LogP contribution is -2.20. The zero-order chi connectivity index (χ0) is 15.5. The minimum absolute atomic E-state index is 0.252. The van der Waals surface area contributed by atoms with Gasteiger partial charge in [-0.15, -0.1) is 0 Å². The first-order valence-corrected chi connectivity index (χ1v) is 8.42. The van der Waals surface area contributed by atoms with E-state index in [-0.39, 0.29) is 4.90 Å². The highest BCUT2D eigenvalue weighted by molar-refractivity contribution is 7.90. The third-order valence-electron chi connectivity index (χ3n) is 3.12. The molecule has 2 N–H and O–H groups in total. The molecule has 2 rings (SSSR count). The largest absolute Gasteiger partial charge is 0.387 e. The number of sulfone groups is 1. The fourth-order valence-electron chi connectivity index (χ4n) is 1.97. The molecule has 1 aromatic heterocycles. The summed E-state index contributed by atoms with van der Waals surface area (Å²) >= 11 is 0. The molecule has 21 heavy (non-hydrogen) atoms. The van der Waals surface area contributed by atoms with Crippen LogP contribution in [-0.2, 0) is 23.4 Å². The van der Waals surface area contributed by atoms with Crippen LogP contribution >= 0.6 is 0 Å². The van der Waals surface area contributed by atoms with Crippen LogP contribution in [0, 0.1) is 0 Å². The molecule has 0 amide bonds. The van der Waals surface area contributed by atoms with Crippen molar-refractivity contribution in [2.75, 3.05) is 12.8 Å². The van der Waals surface area contributed by atoms with Gasteiger partial charge in [0.25, 0.3) is 0 Å². The number of hydrogen-bond donors (Lipinski definition) is 2. The van der Waals surface area contributed by atoms with Crippen molar-refractivity contribution in [3.8, 4) is 0 Å². The zero-order valence-corrected chi connectivity index (χ0v) is 12.8. The van der Waals surface area contributed by atoms with E-state index < -0.39 is 15.9 Å². The van der Waals surface area contributed by atoms with Crippen molar-refractivity contribution in [3.05, 3.63) is 47.8 Å². The Bertz CT molecular complexity index is 693. The van der Waals surface area contributed by atoms with Gasteiger partial charge in [0.1, 0.15) is 0 Å². The first-order chi connectivity index (χ1) is 9.86. The topological polar surface area (TPSA) is 84.2 Å². The number of nitrogens with zero attached hydrogens (tertiary/aromatic N) is 2. The first kappa shape index (κ1) is 15.7. The molecule has 0 saturated heterocycles. The number of aliphatic hydroxyl groups excluding tert-OH is 1. The lowest BCUT2D eigenvalue weighted by atomic mass is 10.1. The molecule has 0 aliphatic heterocycles. The van der Waals surface area contributed by atoms with Crippen LogP contribution in [-0.4, -0.2) is 36.1 Å². The summed E-state index contributed by atoms with van der Waals surface area (Å²) in [4.78, 5) is 0.252. The molecule has 0 saturated carbocycles. The Morgan fingerprint density at radius 3 is 2.52 bits per heavy atom. The molecule has 6 nitrogen and oxygen atoms in total. The minimum atomic E-state index is -3.20. The normalized spacial score (nSPS) is 13.3. The van der Waals surface area contributed by atoms with Crippen molar-refractivity contribution in [2.24, 2.45) is 7.05 Å². The summed E-state index contributed by atoms with van der Waals surface area (Å²) in [6, 6.07) is 6.28. The summed E-state index contributed by atoms with van der Waals surface area (Å²) in [7, 11) is -1.35. The van der Waals surface area contributed by atoms with Crippen LogP contribution in [0.4, 0.5) is 0 Å². The zero-order valence-electron chi connectivity index (χ0n) is 12.0. The summed E-state index contributed by atoms with van der Waals surface area (Å²) < 4.78 is 24.4. The summed E-state index contributed by atoms with van der Waals surface area (Å²) in [5, 5.41) is 17.3. The van der Waals surface area contributed by atoms with Crippen molar-refractivity contribution in [1.29, 1.82) is 0 Å². The monoisotopic (exact) mass is 309 g/mol. The average Bonchev–Trinajstić information content (AvgIpc) is 2.83. The Labute approximate surface area is 124 Å².